The molecule has 24 nitrogen and oxygen atoms in total. The van der Waals surface area contributed by atoms with Crippen molar-refractivity contribution in [2.45, 2.75) is 56.5 Å². The van der Waals surface area contributed by atoms with Crippen molar-refractivity contribution in [3.8, 4) is 0 Å². The second-order valence-electron chi connectivity index (χ2n) is 14.4. The van der Waals surface area contributed by atoms with Crippen molar-refractivity contribution in [3.05, 3.63) is 0 Å². The van der Waals surface area contributed by atoms with E-state index in [9.17, 15) is 42.9 Å². The van der Waals surface area contributed by atoms with E-state index in [1.807, 2.05) is 0 Å². The second-order valence-corrected chi connectivity index (χ2v) is 15.3. The number of fused-ring (bicyclic) bond motifs is 1. The molecule has 3 rings (SSSR count). The number of aliphatic hydroxyl groups is 1. The molecule has 3 aliphatic rings. The molecule has 2 heterocycles. The summed E-state index contributed by atoms with van der Waals surface area (Å²) >= 11 is -2.28. The van der Waals surface area contributed by atoms with Gasteiger partial charge in [-0.2, -0.15) is 0 Å². The molecule has 1 aliphatic carbocycles. The Morgan fingerprint density at radius 3 is 1.81 bits per heavy atom. The van der Waals surface area contributed by atoms with Gasteiger partial charge in [0.15, 0.2) is 11.1 Å². The number of nitrogens with one attached hydrogen (secondary N) is 7. The van der Waals surface area contributed by atoms with Crippen LogP contribution in [0.3, 0.4) is 0 Å². The average Bonchev–Trinajstić information content (AvgIpc) is 3.15. The summed E-state index contributed by atoms with van der Waals surface area (Å²) in [6, 6.07) is -0.567. The molecule has 0 radical (unpaired) electrons. The number of amides is 2. The highest BCUT2D eigenvalue weighted by Gasteiger charge is 2.41. The third-order valence-electron chi connectivity index (χ3n) is 9.95. The van der Waals surface area contributed by atoms with E-state index in [1.54, 1.807) is 0 Å². The van der Waals surface area contributed by atoms with Gasteiger partial charge in [0.2, 0.25) is 11.8 Å². The number of carboxylic acid groups (broad SMARTS) is 3. The van der Waals surface area contributed by atoms with E-state index in [4.69, 9.17) is 30.8 Å². The van der Waals surface area contributed by atoms with Gasteiger partial charge in [-0.15, -0.1) is 0 Å². The molecule has 1 saturated carbocycles. The summed E-state index contributed by atoms with van der Waals surface area (Å²) in [7, 11) is 0. The standard InChI is InChI=1S/C33H61N11O13S/c34-28(23-15-38-30-29(39-23)32(53)41-33(35)40-30)21-1-3-22(4-2-21)31(52)37-6-12-57-14-13-56-11-5-36-24(45)16-43(17-25(46)47)9-7-42(20-58(54)55)8-10-44(18-26(48)49)19-27(50)51/h21-23,29-30,32-34,38-41,53H,1-20,35H2,(H,36,45)(H,37,52)(H,46,47)(H,48,49)(H,50,51)(H,54,55). The predicted molar refractivity (Wildman–Crippen MR) is 207 cm³/mol. The maximum atomic E-state index is 12.7. The van der Waals surface area contributed by atoms with E-state index in [2.05, 4.69) is 31.9 Å². The molecule has 0 aromatic rings. The normalized spacial score (nSPS) is 25.2. The molecule has 0 aromatic heterocycles. The molecule has 332 valence electrons. The number of aliphatic hydroxyl groups excluding tert-OH is 1. The number of nitrogens with two attached hydrogens (primary N) is 1. The van der Waals surface area contributed by atoms with Crippen molar-refractivity contribution in [2.75, 3.05) is 104 Å². The maximum Gasteiger partial charge on any atom is 0.317 e. The molecule has 25 heteroatoms. The Kier molecular flexibility index (Phi) is 22.0. The van der Waals surface area contributed by atoms with E-state index >= 15 is 0 Å². The van der Waals surface area contributed by atoms with Gasteiger partial charge in [-0.05, 0) is 31.6 Å². The van der Waals surface area contributed by atoms with Crippen molar-refractivity contribution in [1.82, 2.24) is 46.6 Å². The lowest BCUT2D eigenvalue weighted by Crippen LogP contribution is -2.80. The van der Waals surface area contributed by atoms with E-state index in [0.29, 0.717) is 31.6 Å². The number of piperazine rings is 1. The van der Waals surface area contributed by atoms with Crippen LogP contribution in [0, 0.1) is 17.2 Å². The SMILES string of the molecule is N=C(C1CCC(C(=O)NCCOCCOCCNC(=O)CN(CCN(CCN(CC(=O)O)CC(=O)O)CS(=O)O)CC(=O)O)CC1)C1CNC2NC(N)NC(O)C2N1. The molecule has 2 amide bonds. The molecule has 2 saturated heterocycles. The molecule has 6 atom stereocenters. The Bertz CT molecular complexity index is 1360. The highest BCUT2D eigenvalue weighted by atomic mass is 32.2. The van der Waals surface area contributed by atoms with Gasteiger partial charge in [0, 0.05) is 57.4 Å². The second kappa shape index (κ2) is 26.0. The summed E-state index contributed by atoms with van der Waals surface area (Å²) < 4.78 is 31.9. The first-order valence-corrected chi connectivity index (χ1v) is 20.5. The first-order chi connectivity index (χ1) is 27.6. The van der Waals surface area contributed by atoms with Crippen molar-refractivity contribution >= 4 is 46.5 Å². The number of carbonyl (C=O) groups is 5. The zero-order chi connectivity index (χ0) is 42.6. The summed E-state index contributed by atoms with van der Waals surface area (Å²) in [6.45, 7) is 0.0544. The zero-order valence-electron chi connectivity index (χ0n) is 32.5. The Morgan fingerprint density at radius 1 is 0.741 bits per heavy atom. The molecule has 6 unspecified atom stereocenters. The van der Waals surface area contributed by atoms with Gasteiger partial charge in [0.1, 0.15) is 18.4 Å². The average molecular weight is 852 g/mol. The number of nitrogens with zero attached hydrogens (tertiary/aromatic N) is 3. The smallest absolute Gasteiger partial charge is 0.317 e. The van der Waals surface area contributed by atoms with E-state index in [1.165, 1.54) is 9.80 Å². The monoisotopic (exact) mass is 851 g/mol. The fourth-order valence-corrected chi connectivity index (χ4v) is 7.64. The van der Waals surface area contributed by atoms with Crippen LogP contribution in [0.5, 0.6) is 0 Å². The third-order valence-corrected chi connectivity index (χ3v) is 10.5. The van der Waals surface area contributed by atoms with Crippen LogP contribution in [0.15, 0.2) is 0 Å². The van der Waals surface area contributed by atoms with Crippen molar-refractivity contribution < 1.29 is 62.6 Å². The number of ether oxygens (including phenoxy) is 2. The van der Waals surface area contributed by atoms with Gasteiger partial charge >= 0.3 is 17.9 Å². The lowest BCUT2D eigenvalue weighted by atomic mass is 9.77. The molecule has 58 heavy (non-hydrogen) atoms. The van der Waals surface area contributed by atoms with Crippen LogP contribution in [0.1, 0.15) is 25.7 Å². The van der Waals surface area contributed by atoms with Crippen LogP contribution in [-0.4, -0.2) is 214 Å². The topological polar surface area (TPSA) is 354 Å². The lowest BCUT2D eigenvalue weighted by Gasteiger charge is -2.47. The summed E-state index contributed by atoms with van der Waals surface area (Å²) in [5.74, 6) is -4.64. The number of aliphatic carboxylic acids is 3. The van der Waals surface area contributed by atoms with E-state index in [-0.39, 0.29) is 108 Å². The Labute approximate surface area is 339 Å². The van der Waals surface area contributed by atoms with Crippen LogP contribution in [0.25, 0.3) is 0 Å². The Balaban J connectivity index is 1.23. The van der Waals surface area contributed by atoms with Gasteiger partial charge in [-0.25, -0.2) is 4.21 Å². The molecule has 14 N–H and O–H groups in total. The summed E-state index contributed by atoms with van der Waals surface area (Å²) in [5.41, 5.74) is 6.41. The minimum absolute atomic E-state index is 0.00732. The number of carbonyl (C=O) groups excluding carboxylic acids is 2. The highest BCUT2D eigenvalue weighted by molar-refractivity contribution is 7.79. The molecule has 0 bridgehead atoms. The van der Waals surface area contributed by atoms with E-state index in [0.717, 1.165) is 17.7 Å². The van der Waals surface area contributed by atoms with Gasteiger partial charge in [0.05, 0.1) is 70.9 Å². The molecule has 3 fully saturated rings. The number of rotatable bonds is 28. The highest BCUT2D eigenvalue weighted by Crippen LogP contribution is 2.31. The minimum atomic E-state index is -2.28. The van der Waals surface area contributed by atoms with Gasteiger partial charge in [-0.3, -0.25) is 59.9 Å². The van der Waals surface area contributed by atoms with Gasteiger partial charge in [-0.1, -0.05) is 0 Å². The van der Waals surface area contributed by atoms with Gasteiger partial charge in [0.25, 0.3) is 0 Å². The fourth-order valence-electron chi connectivity index (χ4n) is 7.07. The zero-order valence-corrected chi connectivity index (χ0v) is 33.3. The van der Waals surface area contributed by atoms with Crippen molar-refractivity contribution in [3.63, 3.8) is 0 Å². The first kappa shape index (κ1) is 49.1. The maximum absolute atomic E-state index is 12.7. The third kappa shape index (κ3) is 18.7. The number of carboxylic acids is 3. The van der Waals surface area contributed by atoms with Crippen LogP contribution >= 0.6 is 0 Å². The Morgan fingerprint density at radius 2 is 1.26 bits per heavy atom. The van der Waals surface area contributed by atoms with Crippen molar-refractivity contribution in [1.29, 1.82) is 5.41 Å². The largest absolute Gasteiger partial charge is 0.480 e. The molecule has 0 aromatic carbocycles. The minimum Gasteiger partial charge on any atom is -0.480 e. The molecule has 0 spiro atoms. The van der Waals surface area contributed by atoms with Crippen LogP contribution < -0.4 is 37.6 Å². The van der Waals surface area contributed by atoms with Crippen LogP contribution in [0.4, 0.5) is 0 Å². The van der Waals surface area contributed by atoms with Crippen molar-refractivity contribution in [2.24, 2.45) is 17.6 Å². The van der Waals surface area contributed by atoms with E-state index < -0.39 is 67.0 Å². The molecular weight excluding hydrogens is 790 g/mol. The predicted octanol–water partition coefficient (Wildman–Crippen LogP) is -5.57. The van der Waals surface area contributed by atoms with Crippen LogP contribution in [0.2, 0.25) is 0 Å². The van der Waals surface area contributed by atoms with Gasteiger partial charge < -0.3 is 56.2 Å². The number of hydrogen-bond donors (Lipinski definition) is 13. The fraction of sp³-hybridized carbons (Fsp3) is 0.818. The molecule has 2 aliphatic heterocycles. The summed E-state index contributed by atoms with van der Waals surface area (Å²) in [6.07, 6.45) is 1.22. The van der Waals surface area contributed by atoms with Crippen LogP contribution in [-0.2, 0) is 44.5 Å². The summed E-state index contributed by atoms with van der Waals surface area (Å²) in [4.78, 5) is 62.7. The Hall–Kier alpha value is -3.31. The number of hydrogen-bond acceptors (Lipinski definition) is 18. The first-order valence-electron chi connectivity index (χ1n) is 19.2. The summed E-state index contributed by atoms with van der Waals surface area (Å²) in [5, 5.41) is 64.7. The quantitative estimate of drug-likeness (QED) is 0.0198. The lowest BCUT2D eigenvalue weighted by molar-refractivity contribution is -0.142. The molecular formula is C33H61N11O13S.